The quantitative estimate of drug-likeness (QED) is 0.569. The highest BCUT2D eigenvalue weighted by atomic mass is 32.2. The number of hydrogen-bond acceptors (Lipinski definition) is 4. The highest BCUT2D eigenvalue weighted by molar-refractivity contribution is 8.08. The first-order valence-corrected chi connectivity index (χ1v) is 12.1. The largest absolute Gasteiger partial charge is 0.486 e. The Morgan fingerprint density at radius 3 is 2.61 bits per heavy atom. The Morgan fingerprint density at radius 1 is 1.04 bits per heavy atom. The summed E-state index contributed by atoms with van der Waals surface area (Å²) in [6, 6.07) is 16.3. The summed E-state index contributed by atoms with van der Waals surface area (Å²) in [5, 5.41) is 0. The molecule has 5 heteroatoms. The fraction of sp³-hybridized carbons (Fsp3) is 0.391. The maximum absolute atomic E-state index is 5.80. The summed E-state index contributed by atoms with van der Waals surface area (Å²) in [4.78, 5) is 4.70. The molecule has 146 valence electrons. The van der Waals surface area contributed by atoms with Gasteiger partial charge in [-0.05, 0) is 60.0 Å². The maximum atomic E-state index is 5.80. The lowest BCUT2D eigenvalue weighted by Gasteiger charge is -2.26. The van der Waals surface area contributed by atoms with E-state index in [2.05, 4.69) is 60.1 Å². The van der Waals surface area contributed by atoms with Crippen LogP contribution in [0.3, 0.4) is 0 Å². The van der Waals surface area contributed by atoms with E-state index in [1.165, 1.54) is 34.4 Å². The summed E-state index contributed by atoms with van der Waals surface area (Å²) in [5.74, 6) is 4.16. The van der Waals surface area contributed by atoms with Crippen LogP contribution in [0, 0.1) is 0 Å². The third-order valence-electron chi connectivity index (χ3n) is 5.72. The van der Waals surface area contributed by atoms with Crippen molar-refractivity contribution in [2.24, 2.45) is 0 Å². The van der Waals surface area contributed by atoms with E-state index in [0.29, 0.717) is 24.2 Å². The van der Waals surface area contributed by atoms with Gasteiger partial charge >= 0.3 is 0 Å². The van der Waals surface area contributed by atoms with E-state index in [1.807, 2.05) is 11.8 Å². The Bertz CT molecular complexity index is 883. The summed E-state index contributed by atoms with van der Waals surface area (Å²) in [6.45, 7) is 5.68. The van der Waals surface area contributed by atoms with Gasteiger partial charge in [-0.15, -0.1) is 11.8 Å². The highest BCUT2D eigenvalue weighted by Gasteiger charge is 2.27. The van der Waals surface area contributed by atoms with Crippen LogP contribution in [0.5, 0.6) is 11.5 Å². The Kier molecular flexibility index (Phi) is 5.36. The molecule has 3 aliphatic rings. The normalized spacial score (nSPS) is 25.2. The Labute approximate surface area is 173 Å². The van der Waals surface area contributed by atoms with Gasteiger partial charge < -0.3 is 9.47 Å². The van der Waals surface area contributed by atoms with Gasteiger partial charge in [0.1, 0.15) is 13.2 Å². The summed E-state index contributed by atoms with van der Waals surface area (Å²) < 4.78 is 11.5. The molecule has 3 heterocycles. The van der Waals surface area contributed by atoms with E-state index in [0.717, 1.165) is 33.2 Å². The van der Waals surface area contributed by atoms with Gasteiger partial charge in [-0.3, -0.25) is 4.90 Å². The van der Waals surface area contributed by atoms with Gasteiger partial charge in [-0.2, -0.15) is 0 Å². The van der Waals surface area contributed by atoms with Gasteiger partial charge in [0, 0.05) is 12.6 Å². The average Bonchev–Trinajstić information content (AvgIpc) is 3.37. The van der Waals surface area contributed by atoms with Crippen LogP contribution < -0.4 is 9.47 Å². The molecule has 5 rings (SSSR count). The molecular formula is C23H26NO2PS. The molecule has 0 spiro atoms. The van der Waals surface area contributed by atoms with Crippen molar-refractivity contribution in [1.29, 1.82) is 0 Å². The summed E-state index contributed by atoms with van der Waals surface area (Å²) in [5.41, 5.74) is 4.22. The van der Waals surface area contributed by atoms with Crippen LogP contribution in [0.25, 0.3) is 0 Å². The first-order valence-electron chi connectivity index (χ1n) is 10.1. The van der Waals surface area contributed by atoms with E-state index < -0.39 is 0 Å². The van der Waals surface area contributed by atoms with Crippen LogP contribution in [0.2, 0.25) is 0 Å². The molecule has 0 aromatic heterocycles. The fourth-order valence-electron chi connectivity index (χ4n) is 4.30. The van der Waals surface area contributed by atoms with Crippen molar-refractivity contribution in [2.45, 2.75) is 37.3 Å². The molecule has 0 N–H and O–H groups in total. The Morgan fingerprint density at radius 2 is 1.82 bits per heavy atom. The molecule has 1 saturated heterocycles. The predicted octanol–water partition coefficient (Wildman–Crippen LogP) is 6.08. The third kappa shape index (κ3) is 3.83. The molecule has 3 atom stereocenters. The molecule has 2 unspecified atom stereocenters. The molecule has 0 bridgehead atoms. The minimum absolute atomic E-state index is 0.467. The lowest BCUT2D eigenvalue weighted by atomic mass is 10.0. The van der Waals surface area contributed by atoms with Crippen molar-refractivity contribution in [3.63, 3.8) is 0 Å². The molecule has 0 aliphatic carbocycles. The van der Waals surface area contributed by atoms with Gasteiger partial charge in [0.2, 0.25) is 0 Å². The zero-order valence-electron chi connectivity index (χ0n) is 16.2. The van der Waals surface area contributed by atoms with Gasteiger partial charge in [0.15, 0.2) is 11.5 Å². The molecule has 2 aromatic rings. The van der Waals surface area contributed by atoms with Crippen LogP contribution in [0.15, 0.2) is 53.2 Å². The minimum Gasteiger partial charge on any atom is -0.486 e. The second-order valence-electron chi connectivity index (χ2n) is 7.69. The Hall–Kier alpha value is -1.48. The highest BCUT2D eigenvalue weighted by Crippen LogP contribution is 2.54. The number of fused-ring (bicyclic) bond motifs is 1. The van der Waals surface area contributed by atoms with Crippen molar-refractivity contribution in [1.82, 2.24) is 4.90 Å². The number of hydrogen-bond donors (Lipinski definition) is 0. The SMILES string of the molecule is CC1=CPC(c2ccc(CN3CCC[C@@H]3c3ccc4c(c3)OCCO4)cc2)S1. The molecule has 0 saturated carbocycles. The minimum atomic E-state index is 0.467. The molecule has 0 radical (unpaired) electrons. The molecule has 3 nitrogen and oxygen atoms in total. The average molecular weight is 412 g/mol. The number of thioether (sulfide) groups is 1. The van der Waals surface area contributed by atoms with Crippen LogP contribution in [0.4, 0.5) is 0 Å². The predicted molar refractivity (Wildman–Crippen MR) is 119 cm³/mol. The number of rotatable bonds is 4. The van der Waals surface area contributed by atoms with Gasteiger partial charge in [-0.25, -0.2) is 0 Å². The number of ether oxygens (including phenoxy) is 2. The van der Waals surface area contributed by atoms with Crippen molar-refractivity contribution in [3.8, 4) is 11.5 Å². The Balaban J connectivity index is 1.28. The summed E-state index contributed by atoms with van der Waals surface area (Å²) >= 11 is 2.01. The van der Waals surface area contributed by atoms with Gasteiger partial charge in [0.05, 0.1) is 4.99 Å². The number of nitrogens with zero attached hydrogens (tertiary/aromatic N) is 1. The lowest BCUT2D eigenvalue weighted by Crippen LogP contribution is -2.23. The lowest BCUT2D eigenvalue weighted by molar-refractivity contribution is 0.170. The standard InChI is InChI=1S/C23H26NO2PS/c1-16-15-27-23(28-16)18-6-4-17(5-7-18)14-24-10-2-3-20(24)19-8-9-21-22(13-19)26-12-11-25-21/h4-9,13,15,20,23,27H,2-3,10-12,14H2,1H3/t20-,23?/m1/s1. The zero-order chi connectivity index (χ0) is 18.9. The van der Waals surface area contributed by atoms with Gasteiger partial charge in [-0.1, -0.05) is 44.7 Å². The van der Waals surface area contributed by atoms with E-state index in [4.69, 9.17) is 9.47 Å². The van der Waals surface area contributed by atoms with E-state index >= 15 is 0 Å². The monoisotopic (exact) mass is 411 g/mol. The van der Waals surface area contributed by atoms with E-state index in [9.17, 15) is 0 Å². The number of allylic oxidation sites excluding steroid dienone is 1. The van der Waals surface area contributed by atoms with Crippen molar-refractivity contribution in [3.05, 3.63) is 69.9 Å². The van der Waals surface area contributed by atoms with Crippen LogP contribution >= 0.6 is 20.3 Å². The molecule has 2 aromatic carbocycles. The maximum Gasteiger partial charge on any atom is 0.161 e. The first-order chi connectivity index (χ1) is 13.8. The summed E-state index contributed by atoms with van der Waals surface area (Å²) in [6.07, 6.45) is 2.46. The molecule has 28 heavy (non-hydrogen) atoms. The number of benzene rings is 2. The fourth-order valence-corrected chi connectivity index (χ4v) is 7.25. The molecular weight excluding hydrogens is 385 g/mol. The second kappa shape index (κ2) is 8.10. The van der Waals surface area contributed by atoms with E-state index in [1.54, 1.807) is 0 Å². The van der Waals surface area contributed by atoms with Crippen LogP contribution in [-0.4, -0.2) is 24.7 Å². The second-order valence-corrected chi connectivity index (χ2v) is 10.7. The zero-order valence-corrected chi connectivity index (χ0v) is 18.0. The van der Waals surface area contributed by atoms with Crippen molar-refractivity contribution >= 4 is 20.3 Å². The van der Waals surface area contributed by atoms with Gasteiger partial charge in [0.25, 0.3) is 0 Å². The smallest absolute Gasteiger partial charge is 0.161 e. The first kappa shape index (κ1) is 18.5. The van der Waals surface area contributed by atoms with E-state index in [-0.39, 0.29) is 0 Å². The summed E-state index contributed by atoms with van der Waals surface area (Å²) in [7, 11) is 0.908. The van der Waals surface area contributed by atoms with Crippen molar-refractivity contribution in [2.75, 3.05) is 19.8 Å². The molecule has 0 amide bonds. The van der Waals surface area contributed by atoms with Crippen LogP contribution in [0.1, 0.15) is 47.5 Å². The van der Waals surface area contributed by atoms with Crippen LogP contribution in [-0.2, 0) is 6.54 Å². The third-order valence-corrected chi connectivity index (χ3v) is 8.93. The van der Waals surface area contributed by atoms with Crippen molar-refractivity contribution < 1.29 is 9.47 Å². The molecule has 1 fully saturated rings. The topological polar surface area (TPSA) is 21.7 Å². The molecule has 3 aliphatic heterocycles. The number of likely N-dealkylation sites (tertiary alicyclic amines) is 1.